The lowest BCUT2D eigenvalue weighted by Gasteiger charge is -2.14. The minimum Gasteiger partial charge on any atom is -0.461 e. The van der Waals surface area contributed by atoms with Crippen LogP contribution in [-0.4, -0.2) is 17.6 Å². The Kier molecular flexibility index (Phi) is 4.60. The van der Waals surface area contributed by atoms with Gasteiger partial charge in [-0.05, 0) is 13.0 Å². The SMILES string of the molecule is CCOC(=O)c1cc(C#N)c(C(F)F)c(C(F)(F)F)n1. The summed E-state index contributed by atoms with van der Waals surface area (Å²) < 4.78 is 67.9. The Morgan fingerprint density at radius 3 is 2.50 bits per heavy atom. The summed E-state index contributed by atoms with van der Waals surface area (Å²) in [7, 11) is 0. The van der Waals surface area contributed by atoms with Crippen LogP contribution in [0.3, 0.4) is 0 Å². The molecule has 0 amide bonds. The van der Waals surface area contributed by atoms with Crippen LogP contribution in [0.4, 0.5) is 22.0 Å². The number of nitrogens with zero attached hydrogens (tertiary/aromatic N) is 2. The van der Waals surface area contributed by atoms with Gasteiger partial charge in [-0.1, -0.05) is 0 Å². The van der Waals surface area contributed by atoms with Crippen molar-refractivity contribution in [3.63, 3.8) is 0 Å². The van der Waals surface area contributed by atoms with Crippen molar-refractivity contribution in [1.29, 1.82) is 5.26 Å². The van der Waals surface area contributed by atoms with Crippen LogP contribution in [0.5, 0.6) is 0 Å². The summed E-state index contributed by atoms with van der Waals surface area (Å²) in [5, 5.41) is 8.66. The number of aromatic nitrogens is 1. The summed E-state index contributed by atoms with van der Waals surface area (Å²) in [5.41, 5.74) is -5.33. The van der Waals surface area contributed by atoms with Crippen molar-refractivity contribution in [2.45, 2.75) is 19.5 Å². The maximum Gasteiger partial charge on any atom is 0.433 e. The first-order valence-electron chi connectivity index (χ1n) is 5.19. The van der Waals surface area contributed by atoms with Crippen molar-refractivity contribution >= 4 is 5.97 Å². The van der Waals surface area contributed by atoms with E-state index in [0.717, 1.165) is 0 Å². The molecule has 0 unspecified atom stereocenters. The van der Waals surface area contributed by atoms with Crippen molar-refractivity contribution in [2.75, 3.05) is 6.61 Å². The van der Waals surface area contributed by atoms with Crippen molar-refractivity contribution in [3.8, 4) is 6.07 Å². The third kappa shape index (κ3) is 3.20. The number of nitriles is 1. The van der Waals surface area contributed by atoms with E-state index in [9.17, 15) is 26.7 Å². The average molecular weight is 294 g/mol. The minimum absolute atomic E-state index is 0.139. The predicted molar refractivity (Wildman–Crippen MR) is 54.9 cm³/mol. The van der Waals surface area contributed by atoms with Crippen LogP contribution in [0.15, 0.2) is 6.07 Å². The van der Waals surface area contributed by atoms with Crippen LogP contribution < -0.4 is 0 Å². The molecule has 0 aliphatic heterocycles. The third-order valence-electron chi connectivity index (χ3n) is 2.15. The lowest BCUT2D eigenvalue weighted by Crippen LogP contribution is -2.18. The lowest BCUT2D eigenvalue weighted by molar-refractivity contribution is -0.143. The fraction of sp³-hybridized carbons (Fsp3) is 0.364. The van der Waals surface area contributed by atoms with Gasteiger partial charge in [-0.3, -0.25) is 0 Å². The maximum absolute atomic E-state index is 12.7. The molecule has 20 heavy (non-hydrogen) atoms. The first kappa shape index (κ1) is 15.8. The van der Waals surface area contributed by atoms with E-state index in [1.54, 1.807) is 0 Å². The smallest absolute Gasteiger partial charge is 0.433 e. The highest BCUT2D eigenvalue weighted by molar-refractivity contribution is 5.88. The summed E-state index contributed by atoms with van der Waals surface area (Å²) in [6, 6.07) is 1.75. The van der Waals surface area contributed by atoms with Crippen LogP contribution in [0.2, 0.25) is 0 Å². The molecular weight excluding hydrogens is 287 g/mol. The fourth-order valence-electron chi connectivity index (χ4n) is 1.39. The molecule has 1 heterocycles. The number of hydrogen-bond donors (Lipinski definition) is 0. The molecule has 0 atom stereocenters. The van der Waals surface area contributed by atoms with Gasteiger partial charge >= 0.3 is 12.1 Å². The van der Waals surface area contributed by atoms with E-state index in [2.05, 4.69) is 9.72 Å². The summed E-state index contributed by atoms with van der Waals surface area (Å²) in [5.74, 6) is -1.23. The predicted octanol–water partition coefficient (Wildman–Crippen LogP) is 3.09. The number of rotatable bonds is 3. The molecule has 0 spiro atoms. The number of esters is 1. The van der Waals surface area contributed by atoms with Gasteiger partial charge in [-0.25, -0.2) is 18.6 Å². The molecule has 1 rings (SSSR count). The second kappa shape index (κ2) is 5.81. The molecule has 0 aromatic carbocycles. The molecule has 108 valence electrons. The molecule has 0 aliphatic rings. The third-order valence-corrected chi connectivity index (χ3v) is 2.15. The highest BCUT2D eigenvalue weighted by atomic mass is 19.4. The number of alkyl halides is 5. The van der Waals surface area contributed by atoms with Crippen LogP contribution >= 0.6 is 0 Å². The van der Waals surface area contributed by atoms with E-state index in [-0.39, 0.29) is 6.61 Å². The summed E-state index contributed by atoms with van der Waals surface area (Å²) in [6.07, 6.45) is -8.77. The summed E-state index contributed by atoms with van der Waals surface area (Å²) >= 11 is 0. The maximum atomic E-state index is 12.7. The molecule has 9 heteroatoms. The average Bonchev–Trinajstić information content (AvgIpc) is 2.36. The molecule has 0 aliphatic carbocycles. The van der Waals surface area contributed by atoms with E-state index >= 15 is 0 Å². The Hall–Kier alpha value is -2.24. The van der Waals surface area contributed by atoms with E-state index in [0.29, 0.717) is 6.07 Å². The molecule has 0 fully saturated rings. The van der Waals surface area contributed by atoms with E-state index in [1.807, 2.05) is 0 Å². The Bertz CT molecular complexity index is 563. The zero-order valence-corrected chi connectivity index (χ0v) is 9.96. The number of carbonyl (C=O) groups excluding carboxylic acids is 1. The van der Waals surface area contributed by atoms with Gasteiger partial charge in [0, 0.05) is 0 Å². The van der Waals surface area contributed by atoms with Crippen molar-refractivity contribution in [2.24, 2.45) is 0 Å². The van der Waals surface area contributed by atoms with E-state index < -0.39 is 41.1 Å². The fourth-order valence-corrected chi connectivity index (χ4v) is 1.39. The number of halogens is 5. The van der Waals surface area contributed by atoms with Crippen LogP contribution in [0.25, 0.3) is 0 Å². The zero-order chi connectivity index (χ0) is 15.5. The Morgan fingerprint density at radius 2 is 2.10 bits per heavy atom. The second-order valence-corrected chi connectivity index (χ2v) is 3.45. The molecule has 0 saturated heterocycles. The first-order chi connectivity index (χ1) is 9.22. The second-order valence-electron chi connectivity index (χ2n) is 3.45. The summed E-state index contributed by atoms with van der Waals surface area (Å²) in [6.45, 7) is 1.27. The van der Waals surface area contributed by atoms with Gasteiger partial charge in [0.05, 0.1) is 23.8 Å². The highest BCUT2D eigenvalue weighted by Gasteiger charge is 2.40. The Morgan fingerprint density at radius 1 is 1.50 bits per heavy atom. The van der Waals surface area contributed by atoms with Crippen LogP contribution in [0.1, 0.15) is 40.7 Å². The van der Waals surface area contributed by atoms with Crippen LogP contribution in [0, 0.1) is 11.3 Å². The van der Waals surface area contributed by atoms with Gasteiger partial charge in [0.15, 0.2) is 5.69 Å². The van der Waals surface area contributed by atoms with Crippen molar-refractivity contribution in [1.82, 2.24) is 4.98 Å². The number of pyridine rings is 1. The van der Waals surface area contributed by atoms with Gasteiger partial charge < -0.3 is 4.74 Å². The standard InChI is InChI=1S/C11H7F5N2O2/c1-2-20-10(19)6-3-5(4-17)7(9(12)13)8(18-6)11(14,15)16/h3,9H,2H2,1H3. The number of ether oxygens (including phenoxy) is 1. The van der Waals surface area contributed by atoms with Crippen molar-refractivity contribution < 1.29 is 31.5 Å². The van der Waals surface area contributed by atoms with Gasteiger partial charge in [-0.15, -0.1) is 0 Å². The van der Waals surface area contributed by atoms with E-state index in [1.165, 1.54) is 13.0 Å². The van der Waals surface area contributed by atoms with Gasteiger partial charge in [0.1, 0.15) is 5.69 Å². The first-order valence-corrected chi connectivity index (χ1v) is 5.19. The lowest BCUT2D eigenvalue weighted by atomic mass is 10.1. The van der Waals surface area contributed by atoms with Gasteiger partial charge in [0.2, 0.25) is 0 Å². The topological polar surface area (TPSA) is 63.0 Å². The number of hydrogen-bond acceptors (Lipinski definition) is 4. The molecule has 4 nitrogen and oxygen atoms in total. The molecule has 1 aromatic rings. The molecule has 1 aromatic heterocycles. The normalized spacial score (nSPS) is 11.3. The molecule has 0 saturated carbocycles. The largest absolute Gasteiger partial charge is 0.461 e. The van der Waals surface area contributed by atoms with Gasteiger partial charge in [0.25, 0.3) is 6.43 Å². The van der Waals surface area contributed by atoms with E-state index in [4.69, 9.17) is 5.26 Å². The Labute approximate surface area is 109 Å². The molecule has 0 N–H and O–H groups in total. The zero-order valence-electron chi connectivity index (χ0n) is 9.96. The molecular formula is C11H7F5N2O2. The molecule has 0 radical (unpaired) electrons. The Balaban J connectivity index is 3.57. The van der Waals surface area contributed by atoms with Crippen molar-refractivity contribution in [3.05, 3.63) is 28.6 Å². The molecule has 0 bridgehead atoms. The quantitative estimate of drug-likeness (QED) is 0.635. The highest BCUT2D eigenvalue weighted by Crippen LogP contribution is 2.37. The monoisotopic (exact) mass is 294 g/mol. The van der Waals surface area contributed by atoms with Gasteiger partial charge in [-0.2, -0.15) is 18.4 Å². The minimum atomic E-state index is -5.22. The summed E-state index contributed by atoms with van der Waals surface area (Å²) in [4.78, 5) is 14.2. The number of carbonyl (C=O) groups is 1. The van der Waals surface area contributed by atoms with Crippen LogP contribution in [-0.2, 0) is 10.9 Å².